The van der Waals surface area contributed by atoms with E-state index in [2.05, 4.69) is 32.3 Å². The van der Waals surface area contributed by atoms with Gasteiger partial charge in [0.15, 0.2) is 0 Å². The minimum absolute atomic E-state index is 0.634. The van der Waals surface area contributed by atoms with Gasteiger partial charge in [0, 0.05) is 6.04 Å². The third-order valence-electron chi connectivity index (χ3n) is 3.35. The lowest BCUT2D eigenvalue weighted by Crippen LogP contribution is -2.34. The van der Waals surface area contributed by atoms with Crippen LogP contribution in [-0.4, -0.2) is 13.1 Å². The van der Waals surface area contributed by atoms with Crippen molar-refractivity contribution in [1.82, 2.24) is 5.32 Å². The zero-order valence-electron chi connectivity index (χ0n) is 9.97. The molecule has 0 heterocycles. The van der Waals surface area contributed by atoms with E-state index in [1.807, 2.05) is 0 Å². The van der Waals surface area contributed by atoms with E-state index < -0.39 is 0 Å². The summed E-state index contributed by atoms with van der Waals surface area (Å²) in [5, 5.41) is 3.49. The molecule has 0 aliphatic heterocycles. The second-order valence-corrected chi connectivity index (χ2v) is 4.56. The molecule has 0 aromatic carbocycles. The zero-order chi connectivity index (χ0) is 10.4. The van der Waals surface area contributed by atoms with Gasteiger partial charge in [0.25, 0.3) is 0 Å². The van der Waals surface area contributed by atoms with Crippen molar-refractivity contribution < 1.29 is 0 Å². The minimum atomic E-state index is 0.634. The van der Waals surface area contributed by atoms with Gasteiger partial charge >= 0.3 is 0 Å². The highest BCUT2D eigenvalue weighted by molar-refractivity contribution is 5.14. The Labute approximate surface area is 89.0 Å². The predicted octanol–water partition coefficient (Wildman–Crippen LogP) is 3.51. The first-order valence-corrected chi connectivity index (χ1v) is 6.15. The molecular formula is C13H25N. The van der Waals surface area contributed by atoms with Gasteiger partial charge in [-0.1, -0.05) is 31.9 Å². The van der Waals surface area contributed by atoms with Gasteiger partial charge in [0.1, 0.15) is 0 Å². The van der Waals surface area contributed by atoms with Gasteiger partial charge in [-0.25, -0.2) is 0 Å². The fraction of sp³-hybridized carbons (Fsp3) is 0.846. The van der Waals surface area contributed by atoms with E-state index in [9.17, 15) is 0 Å². The fourth-order valence-electron chi connectivity index (χ4n) is 2.60. The molecule has 14 heavy (non-hydrogen) atoms. The summed E-state index contributed by atoms with van der Waals surface area (Å²) in [6.45, 7) is 4.65. The van der Waals surface area contributed by atoms with E-state index in [0.29, 0.717) is 6.04 Å². The van der Waals surface area contributed by atoms with E-state index in [1.165, 1.54) is 38.5 Å². The van der Waals surface area contributed by atoms with Crippen molar-refractivity contribution in [2.45, 2.75) is 58.4 Å². The van der Waals surface area contributed by atoms with E-state index in [4.69, 9.17) is 0 Å². The van der Waals surface area contributed by atoms with Crippen molar-refractivity contribution in [3.8, 4) is 0 Å². The summed E-state index contributed by atoms with van der Waals surface area (Å²) in [4.78, 5) is 0. The van der Waals surface area contributed by atoms with Crippen molar-refractivity contribution in [2.24, 2.45) is 5.92 Å². The lowest BCUT2D eigenvalue weighted by atomic mass is 9.85. The summed E-state index contributed by atoms with van der Waals surface area (Å²) < 4.78 is 0. The van der Waals surface area contributed by atoms with Crippen LogP contribution in [0.25, 0.3) is 0 Å². The smallest absolute Gasteiger partial charge is 0.0302 e. The molecule has 1 N–H and O–H groups in total. The van der Waals surface area contributed by atoms with Crippen LogP contribution in [0.2, 0.25) is 0 Å². The van der Waals surface area contributed by atoms with Crippen LogP contribution in [0.5, 0.6) is 0 Å². The fourth-order valence-corrected chi connectivity index (χ4v) is 2.60. The average molecular weight is 195 g/mol. The second kappa shape index (κ2) is 6.23. The molecule has 1 nitrogen and oxygen atoms in total. The van der Waals surface area contributed by atoms with Gasteiger partial charge in [0.2, 0.25) is 0 Å². The third kappa shape index (κ3) is 3.13. The quantitative estimate of drug-likeness (QED) is 0.662. The minimum Gasteiger partial charge on any atom is -0.313 e. The molecule has 0 saturated heterocycles. The molecular weight excluding hydrogens is 170 g/mol. The molecule has 0 bridgehead atoms. The Hall–Kier alpha value is -0.300. The van der Waals surface area contributed by atoms with Crippen LogP contribution in [0.1, 0.15) is 52.4 Å². The first-order chi connectivity index (χ1) is 6.79. The molecule has 2 atom stereocenters. The molecule has 0 amide bonds. The maximum Gasteiger partial charge on any atom is 0.0302 e. The molecule has 1 aliphatic rings. The number of nitrogens with one attached hydrogen (secondary N) is 1. The Bertz CT molecular complexity index is 184. The Morgan fingerprint density at radius 2 is 2.21 bits per heavy atom. The van der Waals surface area contributed by atoms with Gasteiger partial charge in [0.05, 0.1) is 0 Å². The Morgan fingerprint density at radius 3 is 2.71 bits per heavy atom. The summed E-state index contributed by atoms with van der Waals surface area (Å²) in [6.07, 6.45) is 10.5. The Balaban J connectivity index is 2.55. The molecule has 0 spiro atoms. The van der Waals surface area contributed by atoms with Crippen molar-refractivity contribution in [2.75, 3.05) is 7.05 Å². The maximum atomic E-state index is 3.49. The largest absolute Gasteiger partial charge is 0.313 e. The van der Waals surface area contributed by atoms with Crippen LogP contribution in [0, 0.1) is 5.92 Å². The summed E-state index contributed by atoms with van der Waals surface area (Å²) >= 11 is 0. The van der Waals surface area contributed by atoms with E-state index in [-0.39, 0.29) is 0 Å². The highest BCUT2D eigenvalue weighted by Crippen LogP contribution is 2.25. The second-order valence-electron chi connectivity index (χ2n) is 4.56. The van der Waals surface area contributed by atoms with Gasteiger partial charge in [-0.15, -0.1) is 0 Å². The van der Waals surface area contributed by atoms with Crippen LogP contribution < -0.4 is 5.32 Å². The lowest BCUT2D eigenvalue weighted by molar-refractivity contribution is 0.399. The SMILES string of the molecule is CCCC(C)C(NC)C1=CCCCC1. The molecule has 2 unspecified atom stereocenters. The number of hydrogen-bond acceptors (Lipinski definition) is 1. The number of allylic oxidation sites excluding steroid dienone is 1. The molecule has 0 radical (unpaired) electrons. The molecule has 0 aromatic rings. The summed E-state index contributed by atoms with van der Waals surface area (Å²) in [7, 11) is 2.10. The van der Waals surface area contributed by atoms with Crippen LogP contribution in [-0.2, 0) is 0 Å². The molecule has 1 aliphatic carbocycles. The summed E-state index contributed by atoms with van der Waals surface area (Å²) in [6, 6.07) is 0.634. The molecule has 1 rings (SSSR count). The van der Waals surface area contributed by atoms with Crippen LogP contribution in [0.3, 0.4) is 0 Å². The van der Waals surface area contributed by atoms with Crippen molar-refractivity contribution in [3.63, 3.8) is 0 Å². The van der Waals surface area contributed by atoms with Crippen LogP contribution >= 0.6 is 0 Å². The van der Waals surface area contributed by atoms with Crippen molar-refractivity contribution in [3.05, 3.63) is 11.6 Å². The highest BCUT2D eigenvalue weighted by atomic mass is 14.9. The average Bonchev–Trinajstić information content (AvgIpc) is 2.21. The molecule has 0 aromatic heterocycles. The standard InChI is InChI=1S/C13H25N/c1-4-8-11(2)13(14-3)12-9-6-5-7-10-12/h9,11,13-14H,4-8,10H2,1-3H3. The molecule has 82 valence electrons. The Kier molecular flexibility index (Phi) is 5.24. The number of rotatable bonds is 5. The van der Waals surface area contributed by atoms with Crippen LogP contribution in [0.15, 0.2) is 11.6 Å². The Morgan fingerprint density at radius 1 is 1.43 bits per heavy atom. The van der Waals surface area contributed by atoms with Gasteiger partial charge < -0.3 is 5.32 Å². The summed E-state index contributed by atoms with van der Waals surface area (Å²) in [5.74, 6) is 0.786. The number of hydrogen-bond donors (Lipinski definition) is 1. The first-order valence-electron chi connectivity index (χ1n) is 6.15. The van der Waals surface area contributed by atoms with Gasteiger partial charge in [-0.2, -0.15) is 0 Å². The number of likely N-dealkylation sites (N-methyl/N-ethyl adjacent to an activating group) is 1. The first kappa shape index (κ1) is 11.8. The monoisotopic (exact) mass is 195 g/mol. The van der Waals surface area contributed by atoms with Crippen molar-refractivity contribution >= 4 is 0 Å². The molecule has 1 heteroatoms. The van der Waals surface area contributed by atoms with E-state index in [1.54, 1.807) is 5.57 Å². The lowest BCUT2D eigenvalue weighted by Gasteiger charge is -2.28. The van der Waals surface area contributed by atoms with E-state index in [0.717, 1.165) is 5.92 Å². The van der Waals surface area contributed by atoms with Gasteiger partial charge in [-0.3, -0.25) is 0 Å². The maximum absolute atomic E-state index is 3.49. The van der Waals surface area contributed by atoms with E-state index >= 15 is 0 Å². The molecule has 0 saturated carbocycles. The predicted molar refractivity (Wildman–Crippen MR) is 63.5 cm³/mol. The normalized spacial score (nSPS) is 21.5. The third-order valence-corrected chi connectivity index (χ3v) is 3.35. The van der Waals surface area contributed by atoms with Crippen molar-refractivity contribution in [1.29, 1.82) is 0 Å². The zero-order valence-corrected chi connectivity index (χ0v) is 9.97. The van der Waals surface area contributed by atoms with Crippen LogP contribution in [0.4, 0.5) is 0 Å². The van der Waals surface area contributed by atoms with Gasteiger partial charge in [-0.05, 0) is 45.1 Å². The highest BCUT2D eigenvalue weighted by Gasteiger charge is 2.19. The molecule has 0 fully saturated rings. The summed E-state index contributed by atoms with van der Waals surface area (Å²) in [5.41, 5.74) is 1.67. The topological polar surface area (TPSA) is 12.0 Å².